The summed E-state index contributed by atoms with van der Waals surface area (Å²) in [5.41, 5.74) is -0.545. The Morgan fingerprint density at radius 1 is 1.28 bits per heavy atom. The molecular formula is C25H33N5O6. The third-order valence-electron chi connectivity index (χ3n) is 8.31. The fourth-order valence-electron chi connectivity index (χ4n) is 6.64. The number of fused-ring (bicyclic) bond motifs is 2. The van der Waals surface area contributed by atoms with Crippen molar-refractivity contribution in [3.63, 3.8) is 0 Å². The molecule has 36 heavy (non-hydrogen) atoms. The van der Waals surface area contributed by atoms with Crippen LogP contribution in [0.1, 0.15) is 46.5 Å². The van der Waals surface area contributed by atoms with Crippen LogP contribution >= 0.6 is 0 Å². The summed E-state index contributed by atoms with van der Waals surface area (Å²) in [7, 11) is 0. The highest BCUT2D eigenvalue weighted by atomic mass is 16.6. The topological polar surface area (TPSA) is 136 Å². The van der Waals surface area contributed by atoms with Gasteiger partial charge in [-0.2, -0.15) is 0 Å². The highest BCUT2D eigenvalue weighted by Gasteiger charge is 2.79. The van der Waals surface area contributed by atoms with Crippen LogP contribution in [0.2, 0.25) is 0 Å². The van der Waals surface area contributed by atoms with Crippen molar-refractivity contribution >= 4 is 28.8 Å². The number of nitrogens with one attached hydrogen (secondary N) is 1. The maximum Gasteiger partial charge on any atom is 0.312 e. The second-order valence-electron chi connectivity index (χ2n) is 9.85. The van der Waals surface area contributed by atoms with E-state index in [0.29, 0.717) is 31.2 Å². The fraction of sp³-hybridized carbons (Fsp3) is 0.640. The van der Waals surface area contributed by atoms with E-state index in [1.54, 1.807) is 11.6 Å². The molecule has 3 saturated heterocycles. The number of rotatable bonds is 9. The van der Waals surface area contributed by atoms with Crippen LogP contribution in [0.5, 0.6) is 0 Å². The van der Waals surface area contributed by atoms with Crippen molar-refractivity contribution in [1.29, 1.82) is 0 Å². The first-order chi connectivity index (χ1) is 17.4. The fourth-order valence-corrected chi connectivity index (χ4v) is 6.64. The Bertz CT molecular complexity index is 1180. The van der Waals surface area contributed by atoms with E-state index in [2.05, 4.69) is 15.6 Å². The Morgan fingerprint density at radius 2 is 2.06 bits per heavy atom. The van der Waals surface area contributed by atoms with Crippen LogP contribution in [0.3, 0.4) is 0 Å². The van der Waals surface area contributed by atoms with Crippen molar-refractivity contribution < 1.29 is 29.0 Å². The molecule has 11 heteroatoms. The predicted molar refractivity (Wildman–Crippen MR) is 127 cm³/mol. The van der Waals surface area contributed by atoms with Gasteiger partial charge in [-0.1, -0.05) is 31.2 Å². The molecule has 1 aromatic heterocycles. The van der Waals surface area contributed by atoms with E-state index in [4.69, 9.17) is 9.47 Å². The molecule has 0 saturated carbocycles. The van der Waals surface area contributed by atoms with Crippen molar-refractivity contribution in [3.8, 4) is 0 Å². The second kappa shape index (κ2) is 9.11. The van der Waals surface area contributed by atoms with E-state index in [9.17, 15) is 19.5 Å². The summed E-state index contributed by atoms with van der Waals surface area (Å²) in [6.07, 6.45) is 2.00. The number of hydrogen-bond acceptors (Lipinski definition) is 8. The number of esters is 1. The van der Waals surface area contributed by atoms with Crippen LogP contribution in [-0.4, -0.2) is 79.3 Å². The number of benzene rings is 1. The molecule has 2 bridgehead atoms. The summed E-state index contributed by atoms with van der Waals surface area (Å²) in [4.78, 5) is 42.4. The first-order valence-corrected chi connectivity index (χ1v) is 12.7. The van der Waals surface area contributed by atoms with E-state index < -0.39 is 47.0 Å². The average Bonchev–Trinajstić information content (AvgIpc) is 3.61. The van der Waals surface area contributed by atoms with Crippen LogP contribution in [-0.2, 0) is 30.5 Å². The molecule has 1 aromatic carbocycles. The summed E-state index contributed by atoms with van der Waals surface area (Å²) < 4.78 is 13.6. The first-order valence-electron chi connectivity index (χ1n) is 12.7. The number of likely N-dealkylation sites (tertiary alicyclic amines) is 1. The average molecular weight is 500 g/mol. The van der Waals surface area contributed by atoms with Gasteiger partial charge in [0.05, 0.1) is 36.3 Å². The van der Waals surface area contributed by atoms with Gasteiger partial charge in [-0.25, -0.2) is 4.68 Å². The number of aliphatic hydroxyl groups is 1. The quantitative estimate of drug-likeness (QED) is 0.488. The number of amides is 2. The standard InChI is InChI=1S/C25H33N5O6/c1-4-15(13-31)30-20(21(32)26-14-29-17-10-8-7-9-16(17)27-28-29)25-12-11-24(5-2,36-25)19(18(25)22(30)33)23(34)35-6-3/h7-10,15,18-20,31H,4-6,11-14H2,1-3H3,(H,26,32)/t15-,18-,19-,20?,24+,25?/m0/s1. The molecule has 194 valence electrons. The lowest BCUT2D eigenvalue weighted by Gasteiger charge is -2.37. The Morgan fingerprint density at radius 3 is 2.75 bits per heavy atom. The second-order valence-corrected chi connectivity index (χ2v) is 9.85. The maximum atomic E-state index is 14.0. The van der Waals surface area contributed by atoms with Gasteiger partial charge in [0.15, 0.2) is 0 Å². The zero-order valence-corrected chi connectivity index (χ0v) is 20.8. The molecule has 2 amide bonds. The monoisotopic (exact) mass is 499 g/mol. The molecule has 3 aliphatic heterocycles. The highest BCUT2D eigenvalue weighted by molar-refractivity contribution is 5.98. The van der Waals surface area contributed by atoms with Gasteiger partial charge in [-0.15, -0.1) is 5.10 Å². The minimum atomic E-state index is -1.17. The van der Waals surface area contributed by atoms with E-state index in [1.165, 1.54) is 4.90 Å². The van der Waals surface area contributed by atoms with Crippen molar-refractivity contribution in [2.24, 2.45) is 11.8 Å². The molecule has 2 aromatic rings. The molecule has 2 unspecified atom stereocenters. The zero-order valence-electron chi connectivity index (χ0n) is 20.8. The summed E-state index contributed by atoms with van der Waals surface area (Å²) in [5, 5.41) is 21.3. The lowest BCUT2D eigenvalue weighted by atomic mass is 9.65. The van der Waals surface area contributed by atoms with Gasteiger partial charge in [-0.05, 0) is 44.7 Å². The molecule has 4 heterocycles. The molecule has 3 fully saturated rings. The third-order valence-corrected chi connectivity index (χ3v) is 8.31. The number of ether oxygens (including phenoxy) is 2. The number of para-hydroxylation sites is 1. The van der Waals surface area contributed by atoms with Crippen LogP contribution in [0.4, 0.5) is 0 Å². The summed E-state index contributed by atoms with van der Waals surface area (Å²) >= 11 is 0. The minimum absolute atomic E-state index is 0.0504. The van der Waals surface area contributed by atoms with Gasteiger partial charge >= 0.3 is 5.97 Å². The SMILES string of the molecule is CCOC(=O)[C@@H]1[C@H]2C(=O)N([C@@H](CC)CO)C(C(=O)NCn3nnc4ccccc43)C23CC[C@@]1(CC)O3. The molecule has 5 rings (SSSR count). The summed E-state index contributed by atoms with van der Waals surface area (Å²) in [5.74, 6) is -2.84. The van der Waals surface area contributed by atoms with Crippen LogP contribution in [0, 0.1) is 11.8 Å². The Kier molecular flexibility index (Phi) is 6.24. The zero-order chi connectivity index (χ0) is 25.7. The number of carbonyl (C=O) groups is 3. The normalized spacial score (nSPS) is 31.6. The molecule has 3 aliphatic rings. The Hall–Kier alpha value is -3.05. The molecular weight excluding hydrogens is 466 g/mol. The van der Waals surface area contributed by atoms with E-state index in [-0.39, 0.29) is 25.8 Å². The van der Waals surface area contributed by atoms with Crippen molar-refractivity contribution in [2.45, 2.75) is 76.4 Å². The highest BCUT2D eigenvalue weighted by Crippen LogP contribution is 2.64. The van der Waals surface area contributed by atoms with Crippen molar-refractivity contribution in [3.05, 3.63) is 24.3 Å². The van der Waals surface area contributed by atoms with Crippen molar-refractivity contribution in [2.75, 3.05) is 13.2 Å². The lowest BCUT2D eigenvalue weighted by Crippen LogP contribution is -2.58. The lowest BCUT2D eigenvalue weighted by molar-refractivity contribution is -0.162. The van der Waals surface area contributed by atoms with Crippen LogP contribution < -0.4 is 5.32 Å². The largest absolute Gasteiger partial charge is 0.466 e. The van der Waals surface area contributed by atoms with Crippen LogP contribution in [0.25, 0.3) is 11.0 Å². The molecule has 6 atom stereocenters. The summed E-state index contributed by atoms with van der Waals surface area (Å²) in [6, 6.07) is 5.84. The number of nitrogens with zero attached hydrogens (tertiary/aromatic N) is 4. The Labute approximate surface area is 209 Å². The predicted octanol–water partition coefficient (Wildman–Crippen LogP) is 0.994. The van der Waals surface area contributed by atoms with Gasteiger partial charge in [0, 0.05) is 0 Å². The van der Waals surface area contributed by atoms with Gasteiger partial charge in [0.25, 0.3) is 0 Å². The molecule has 2 N–H and O–H groups in total. The smallest absolute Gasteiger partial charge is 0.312 e. The molecule has 0 radical (unpaired) electrons. The number of aromatic nitrogens is 3. The van der Waals surface area contributed by atoms with E-state index in [1.807, 2.05) is 38.1 Å². The number of carbonyl (C=O) groups excluding carboxylic acids is 3. The van der Waals surface area contributed by atoms with Gasteiger partial charge in [0.1, 0.15) is 29.7 Å². The third kappa shape index (κ3) is 3.36. The maximum absolute atomic E-state index is 14.0. The molecule has 0 aliphatic carbocycles. The minimum Gasteiger partial charge on any atom is -0.466 e. The molecule has 11 nitrogen and oxygen atoms in total. The number of aliphatic hydroxyl groups excluding tert-OH is 1. The van der Waals surface area contributed by atoms with Gasteiger partial charge in [-0.3, -0.25) is 14.4 Å². The van der Waals surface area contributed by atoms with Gasteiger partial charge < -0.3 is 24.8 Å². The number of hydrogen-bond donors (Lipinski definition) is 2. The van der Waals surface area contributed by atoms with Crippen LogP contribution in [0.15, 0.2) is 24.3 Å². The van der Waals surface area contributed by atoms with E-state index in [0.717, 1.165) is 5.52 Å². The molecule has 1 spiro atoms. The Balaban J connectivity index is 1.51. The van der Waals surface area contributed by atoms with Gasteiger partial charge in [0.2, 0.25) is 11.8 Å². The summed E-state index contributed by atoms with van der Waals surface area (Å²) in [6.45, 7) is 5.45. The first kappa shape index (κ1) is 24.6. The van der Waals surface area contributed by atoms with E-state index >= 15 is 0 Å². The van der Waals surface area contributed by atoms with Crippen molar-refractivity contribution in [1.82, 2.24) is 25.2 Å².